The molecular weight excluding hydrogens is 999 g/mol. The third-order valence-electron chi connectivity index (χ3n) is 16.0. The molecule has 0 radical (unpaired) electrons. The van der Waals surface area contributed by atoms with Gasteiger partial charge in [-0.15, -0.1) is 4.37 Å². The molecule has 4 atom stereocenters. The number of esters is 4. The van der Waals surface area contributed by atoms with Crippen LogP contribution in [0.4, 0.5) is 0 Å². The molecule has 0 saturated carbocycles. The Kier molecular flexibility index (Phi) is 43.3. The molecule has 2 heterocycles. The summed E-state index contributed by atoms with van der Waals surface area (Å²) in [6.07, 6.45) is 46.0. The Hall–Kier alpha value is -3.06. The van der Waals surface area contributed by atoms with Crippen molar-refractivity contribution in [3.63, 3.8) is 0 Å². The van der Waals surface area contributed by atoms with E-state index >= 15 is 0 Å². The number of hydrogen-bond acceptors (Lipinski definition) is 12. The van der Waals surface area contributed by atoms with Crippen LogP contribution >= 0.6 is 11.7 Å². The summed E-state index contributed by atoms with van der Waals surface area (Å²) in [7, 11) is 2.15. The lowest BCUT2D eigenvalue weighted by molar-refractivity contribution is -0.944. The van der Waals surface area contributed by atoms with Gasteiger partial charge in [-0.1, -0.05) is 253 Å². The van der Waals surface area contributed by atoms with Crippen molar-refractivity contribution in [3.8, 4) is 5.88 Å². The van der Waals surface area contributed by atoms with Crippen molar-refractivity contribution < 1.29 is 47.3 Å². The molecule has 452 valence electrons. The fraction of sp³-hybridized carbons (Fsp3) is 0.877. The molecular formula is C65H118N3O9S+. The summed E-state index contributed by atoms with van der Waals surface area (Å²) in [6.45, 7) is 14.9. The first-order valence-corrected chi connectivity index (χ1v) is 33.3. The van der Waals surface area contributed by atoms with Gasteiger partial charge in [0.15, 0.2) is 6.10 Å². The van der Waals surface area contributed by atoms with Gasteiger partial charge in [-0.2, -0.15) is 4.37 Å². The van der Waals surface area contributed by atoms with Gasteiger partial charge < -0.3 is 23.7 Å². The third-order valence-corrected chi connectivity index (χ3v) is 16.6. The number of likely N-dealkylation sites (N-methyl/N-ethyl adjacent to an activating group) is 1. The lowest BCUT2D eigenvalue weighted by Gasteiger charge is -2.41. The quantitative estimate of drug-likeness (QED) is 0.0266. The number of nitrogens with zero attached hydrogens (tertiary/aromatic N) is 3. The van der Waals surface area contributed by atoms with Crippen LogP contribution in [0.15, 0.2) is 6.08 Å². The van der Waals surface area contributed by atoms with Gasteiger partial charge in [0.25, 0.3) is 5.88 Å². The van der Waals surface area contributed by atoms with E-state index in [-0.39, 0.29) is 61.6 Å². The summed E-state index contributed by atoms with van der Waals surface area (Å²) >= 11 is 1.18. The molecule has 78 heavy (non-hydrogen) atoms. The molecule has 13 heteroatoms. The van der Waals surface area contributed by atoms with E-state index in [2.05, 4.69) is 56.5 Å². The highest BCUT2D eigenvalue weighted by atomic mass is 32.1. The predicted octanol–water partition coefficient (Wildman–Crippen LogP) is 18.0. The molecule has 0 fully saturated rings. The number of aromatic nitrogens is 2. The van der Waals surface area contributed by atoms with Gasteiger partial charge in [-0.05, 0) is 31.1 Å². The Bertz CT molecular complexity index is 1640. The van der Waals surface area contributed by atoms with E-state index in [0.717, 1.165) is 114 Å². The summed E-state index contributed by atoms with van der Waals surface area (Å²) in [4.78, 5) is 51.9. The minimum Gasteiger partial charge on any atom is -0.475 e. The van der Waals surface area contributed by atoms with Crippen molar-refractivity contribution in [2.45, 2.75) is 317 Å². The fourth-order valence-electron chi connectivity index (χ4n) is 10.6. The standard InChI is InChI=1S/C65H118N3O9S/c1-8-11-14-17-19-21-23-25-27-29-31-33-39-46-60(69)74-53-59(54-75-61(70)47-40-34-32-30-28-26-24-22-20-18-15-12-9-2)77-63(72)51-56(5)44-38-36-35-37-43-55(4)50-62(71)76-57(6)68(7)48-42-45-58(52-68)64-65(67-78-66-64)73-49-41-16-13-10-3/h45,55-57,59H,8-44,46-54H2,1-7H3/q+1/t55?,56?,57-,68?/m1/s1. The Morgan fingerprint density at radius 3 is 1.36 bits per heavy atom. The van der Waals surface area contributed by atoms with Gasteiger partial charge in [-0.3, -0.25) is 23.7 Å². The van der Waals surface area contributed by atoms with Crippen molar-refractivity contribution >= 4 is 41.2 Å². The van der Waals surface area contributed by atoms with Gasteiger partial charge in [0.1, 0.15) is 25.5 Å². The zero-order valence-electron chi connectivity index (χ0n) is 51.3. The lowest BCUT2D eigenvalue weighted by Crippen LogP contribution is -2.55. The topological polar surface area (TPSA) is 140 Å². The van der Waals surface area contributed by atoms with Crippen LogP contribution in [0.2, 0.25) is 0 Å². The molecule has 0 N–H and O–H groups in total. The number of carbonyl (C=O) groups excluding carboxylic acids is 4. The van der Waals surface area contributed by atoms with E-state index in [1.54, 1.807) is 0 Å². The van der Waals surface area contributed by atoms with Crippen LogP contribution < -0.4 is 4.74 Å². The molecule has 12 nitrogen and oxygen atoms in total. The van der Waals surface area contributed by atoms with Crippen LogP contribution in [0.25, 0.3) is 5.57 Å². The maximum atomic E-state index is 13.2. The zero-order valence-corrected chi connectivity index (χ0v) is 52.2. The highest BCUT2D eigenvalue weighted by molar-refractivity contribution is 6.99. The molecule has 0 amide bonds. The van der Waals surface area contributed by atoms with Crippen molar-refractivity contribution in [1.29, 1.82) is 0 Å². The molecule has 0 bridgehead atoms. The third kappa shape index (κ3) is 37.0. The highest BCUT2D eigenvalue weighted by Gasteiger charge is 2.37. The van der Waals surface area contributed by atoms with Crippen molar-refractivity contribution in [2.24, 2.45) is 11.8 Å². The van der Waals surface area contributed by atoms with Crippen LogP contribution in [0.1, 0.15) is 310 Å². The number of unbranched alkanes of at least 4 members (excludes halogenated alkanes) is 30. The van der Waals surface area contributed by atoms with E-state index in [0.29, 0.717) is 42.8 Å². The average molecular weight is 1120 g/mol. The average Bonchev–Trinajstić information content (AvgIpc) is 3.89. The molecule has 0 aromatic carbocycles. The molecule has 3 unspecified atom stereocenters. The van der Waals surface area contributed by atoms with Gasteiger partial charge in [0, 0.05) is 44.6 Å². The second-order valence-electron chi connectivity index (χ2n) is 23.9. The Balaban J connectivity index is 1.69. The zero-order chi connectivity index (χ0) is 56.7. The summed E-state index contributed by atoms with van der Waals surface area (Å²) in [6, 6.07) is 0. The van der Waals surface area contributed by atoms with Gasteiger partial charge in [-0.25, -0.2) is 0 Å². The maximum Gasteiger partial charge on any atom is 0.310 e. The predicted molar refractivity (Wildman–Crippen MR) is 321 cm³/mol. The van der Waals surface area contributed by atoms with E-state index in [1.807, 2.05) is 6.92 Å². The second kappa shape index (κ2) is 47.6. The minimum absolute atomic E-state index is 0.113. The Morgan fingerprint density at radius 2 is 0.910 bits per heavy atom. The first-order valence-electron chi connectivity index (χ1n) is 32.6. The van der Waals surface area contributed by atoms with Gasteiger partial charge in [0.2, 0.25) is 6.23 Å². The normalized spacial score (nSPS) is 15.7. The van der Waals surface area contributed by atoms with Crippen LogP contribution in [-0.4, -0.2) is 89.4 Å². The van der Waals surface area contributed by atoms with Crippen LogP contribution in [0, 0.1) is 11.8 Å². The molecule has 2 rings (SSSR count). The maximum absolute atomic E-state index is 13.2. The number of ether oxygens (including phenoxy) is 5. The van der Waals surface area contributed by atoms with E-state index in [1.165, 1.54) is 153 Å². The molecule has 0 saturated heterocycles. The summed E-state index contributed by atoms with van der Waals surface area (Å²) in [5.41, 5.74) is 1.93. The molecule has 1 aromatic rings. The largest absolute Gasteiger partial charge is 0.475 e. The van der Waals surface area contributed by atoms with E-state index in [4.69, 9.17) is 23.7 Å². The number of hydrogen-bond donors (Lipinski definition) is 0. The lowest BCUT2D eigenvalue weighted by atomic mass is 9.96. The molecule has 0 aliphatic carbocycles. The number of carbonyl (C=O) groups is 4. The summed E-state index contributed by atoms with van der Waals surface area (Å²) in [5.74, 6) is -0.148. The monoisotopic (exact) mass is 1120 g/mol. The van der Waals surface area contributed by atoms with Gasteiger partial charge in [0.05, 0.1) is 31.9 Å². The number of quaternary nitrogens is 1. The van der Waals surface area contributed by atoms with Crippen LogP contribution in [0.3, 0.4) is 0 Å². The first kappa shape index (κ1) is 71.0. The molecule has 1 aliphatic heterocycles. The SMILES string of the molecule is CCCCCCCCCCCCCCCC(=O)OCC(COC(=O)CCCCCCCCCCCCCCC)OC(=O)CC(C)CCCCCCC(C)CC(=O)O[C@H](C)[N+]1(C)CCC=C(c2nsnc2OCCCCCC)C1. The number of rotatable bonds is 53. The van der Waals surface area contributed by atoms with E-state index < -0.39 is 6.10 Å². The van der Waals surface area contributed by atoms with Crippen LogP contribution in [-0.2, 0) is 38.1 Å². The minimum atomic E-state index is -0.830. The van der Waals surface area contributed by atoms with Crippen molar-refractivity contribution in [1.82, 2.24) is 8.75 Å². The Morgan fingerprint density at radius 1 is 0.513 bits per heavy atom. The van der Waals surface area contributed by atoms with Crippen LogP contribution in [0.5, 0.6) is 5.88 Å². The summed E-state index contributed by atoms with van der Waals surface area (Å²) < 4.78 is 38.8. The Labute approximate surface area is 481 Å². The summed E-state index contributed by atoms with van der Waals surface area (Å²) in [5, 5.41) is 0. The van der Waals surface area contributed by atoms with Gasteiger partial charge >= 0.3 is 23.9 Å². The highest BCUT2D eigenvalue weighted by Crippen LogP contribution is 2.32. The smallest absolute Gasteiger partial charge is 0.310 e. The van der Waals surface area contributed by atoms with Crippen molar-refractivity contribution in [3.05, 3.63) is 11.8 Å². The van der Waals surface area contributed by atoms with Crippen molar-refractivity contribution in [2.75, 3.05) is 40.0 Å². The first-order chi connectivity index (χ1) is 37.9. The molecule has 1 aromatic heterocycles. The van der Waals surface area contributed by atoms with E-state index in [9.17, 15) is 19.2 Å². The fourth-order valence-corrected chi connectivity index (χ4v) is 11.2. The molecule has 0 spiro atoms. The molecule has 1 aliphatic rings. The second-order valence-corrected chi connectivity index (χ2v) is 24.4.